The van der Waals surface area contributed by atoms with Crippen molar-refractivity contribution in [3.05, 3.63) is 30.5 Å². The van der Waals surface area contributed by atoms with Crippen LogP contribution in [0.25, 0.3) is 11.3 Å². The zero-order valence-electron chi connectivity index (χ0n) is 39.3. The Balaban J connectivity index is 0.00000291. The number of ether oxygens (including phenoxy) is 6. The lowest BCUT2D eigenvalue weighted by Gasteiger charge is -2.47. The summed E-state index contributed by atoms with van der Waals surface area (Å²) in [6, 6.07) is 5.57. The summed E-state index contributed by atoms with van der Waals surface area (Å²) in [5.41, 5.74) is 6.69. The lowest BCUT2D eigenvalue weighted by molar-refractivity contribution is -0.340. The van der Waals surface area contributed by atoms with Gasteiger partial charge < -0.3 is 49.5 Å². The number of hydrogen-bond donors (Lipinski definition) is 3. The van der Waals surface area contributed by atoms with Crippen LogP contribution < -0.4 is 11.1 Å². The Morgan fingerprint density at radius 2 is 1.73 bits per heavy atom. The number of rotatable bonds is 12. The number of nitrogen functional groups attached to an aromatic ring is 1. The molecule has 0 bridgehead atoms. The van der Waals surface area contributed by atoms with E-state index in [1.165, 1.54) is 27.4 Å². The Bertz CT molecular complexity index is 1870. The van der Waals surface area contributed by atoms with Crippen LogP contribution >= 0.6 is 12.1 Å². The van der Waals surface area contributed by atoms with E-state index in [-0.39, 0.29) is 43.7 Å². The molecule has 4 heterocycles. The molecule has 0 aliphatic carbocycles. The van der Waals surface area contributed by atoms with Gasteiger partial charge in [0.15, 0.2) is 23.5 Å². The van der Waals surface area contributed by atoms with Crippen molar-refractivity contribution >= 4 is 41.6 Å². The molecule has 3 unspecified atom stereocenters. The first-order valence-corrected chi connectivity index (χ1v) is 23.0. The molecule has 3 saturated heterocycles. The second-order valence-electron chi connectivity index (χ2n) is 17.5. The number of nitrogens with two attached hydrogens (primary N) is 1. The molecule has 0 spiro atoms. The van der Waals surface area contributed by atoms with Crippen molar-refractivity contribution in [3.8, 4) is 11.3 Å². The lowest BCUT2D eigenvalue weighted by atomic mass is 9.83. The van der Waals surface area contributed by atoms with E-state index in [4.69, 9.17) is 34.2 Å². The summed E-state index contributed by atoms with van der Waals surface area (Å²) in [5.74, 6) is -6.72. The molecule has 1 aromatic carbocycles. The number of nitrogens with zero attached hydrogens (tertiary/aromatic N) is 5. The molecule has 1 aromatic heterocycles. The second-order valence-corrected chi connectivity index (χ2v) is 17.9. The number of likely N-dealkylation sites (N-methyl/N-ethyl adjacent to an activating group) is 1. The van der Waals surface area contributed by atoms with E-state index in [9.17, 15) is 28.2 Å². The number of aliphatic hydroxyl groups excluding tert-OH is 1. The summed E-state index contributed by atoms with van der Waals surface area (Å²) in [4.78, 5) is 60.0. The highest BCUT2D eigenvalue weighted by Crippen LogP contribution is 2.40. The number of carbonyl (C=O) groups excluding carboxylic acids is 4. The van der Waals surface area contributed by atoms with E-state index in [0.29, 0.717) is 37.2 Å². The number of ketones is 1. The minimum Gasteiger partial charge on any atom is -0.458 e. The Morgan fingerprint density at radius 1 is 1.08 bits per heavy atom. The van der Waals surface area contributed by atoms with E-state index in [1.807, 2.05) is 50.3 Å². The number of nitrogens with one attached hydrogen (secondary N) is 1. The number of methoxy groups -OCH3 is 2. The third-order valence-electron chi connectivity index (χ3n) is 12.7. The number of cyclic esters (lactones) is 1. The number of Topliss-reactive ketones (excluding diaryl/α,β-unsaturated/α-hetero) is 1. The van der Waals surface area contributed by atoms with Crippen LogP contribution in [0.1, 0.15) is 80.6 Å². The normalized spacial score (nSPS) is 32.7. The molecule has 3 aliphatic heterocycles. The fourth-order valence-electron chi connectivity index (χ4n) is 9.25. The Kier molecular flexibility index (Phi) is 18.9. The van der Waals surface area contributed by atoms with Crippen LogP contribution in [-0.4, -0.2) is 155 Å². The summed E-state index contributed by atoms with van der Waals surface area (Å²) in [5, 5.41) is 23.1. The number of unbranched alkanes of at least 4 members (excludes halogenated alkanes) is 1. The van der Waals surface area contributed by atoms with Crippen molar-refractivity contribution in [2.75, 3.05) is 46.8 Å². The summed E-state index contributed by atoms with van der Waals surface area (Å²) < 4.78 is 49.0. The topological polar surface area (TPSA) is 219 Å². The number of carbonyl (C=O) groups is 4. The molecule has 5 rings (SSSR count). The van der Waals surface area contributed by atoms with Crippen LogP contribution in [0.4, 0.5) is 14.4 Å². The maximum absolute atomic E-state index is 14.4. The van der Waals surface area contributed by atoms with Gasteiger partial charge >= 0.3 is 12.1 Å². The van der Waals surface area contributed by atoms with E-state index in [1.54, 1.807) is 50.3 Å². The molecule has 0 radical (unpaired) electrons. The van der Waals surface area contributed by atoms with Crippen molar-refractivity contribution in [2.45, 2.75) is 147 Å². The van der Waals surface area contributed by atoms with Gasteiger partial charge in [-0.1, -0.05) is 38.1 Å². The largest absolute Gasteiger partial charge is 0.458 e. The van der Waals surface area contributed by atoms with Gasteiger partial charge in [0.1, 0.15) is 29.9 Å². The highest BCUT2D eigenvalue weighted by Gasteiger charge is 2.59. The molecule has 12 atom stereocenters. The minimum atomic E-state index is -1.74. The van der Waals surface area contributed by atoms with Crippen molar-refractivity contribution in [1.82, 2.24) is 30.1 Å². The number of hydrogen-bond acceptors (Lipinski definition) is 16. The quantitative estimate of drug-likeness (QED) is 0.0869. The van der Waals surface area contributed by atoms with E-state index in [0.717, 1.165) is 5.56 Å². The van der Waals surface area contributed by atoms with E-state index in [2.05, 4.69) is 15.6 Å². The first-order chi connectivity index (χ1) is 30.2. The van der Waals surface area contributed by atoms with Gasteiger partial charge in [-0.05, 0) is 79.6 Å². The van der Waals surface area contributed by atoms with Gasteiger partial charge in [-0.3, -0.25) is 24.0 Å². The second kappa shape index (κ2) is 23.0. The summed E-state index contributed by atoms with van der Waals surface area (Å²) in [6.45, 7) is 12.7. The highest BCUT2D eigenvalue weighted by molar-refractivity contribution is 7.93. The number of aryl methyl sites for hydroxylation is 1. The number of anilines is 1. The number of aromatic nitrogens is 3. The van der Waals surface area contributed by atoms with Gasteiger partial charge in [0.25, 0.3) is 0 Å². The fraction of sp³-hybridized carbons (Fsp3) is 0.727. The smallest absolute Gasteiger partial charge is 0.410 e. The molecule has 0 saturated carbocycles. The maximum atomic E-state index is 14.4. The van der Waals surface area contributed by atoms with Crippen LogP contribution in [-0.2, 0) is 49.3 Å². The van der Waals surface area contributed by atoms with E-state index < -0.39 is 89.6 Å². The van der Waals surface area contributed by atoms with Crippen molar-refractivity contribution in [1.29, 1.82) is 0 Å². The molecule has 360 valence electrons. The van der Waals surface area contributed by atoms with Gasteiger partial charge in [-0.25, -0.2) is 4.79 Å². The number of amides is 2. The maximum Gasteiger partial charge on any atom is 0.410 e. The molecule has 2 amide bonds. The van der Waals surface area contributed by atoms with Gasteiger partial charge in [0.2, 0.25) is 5.91 Å². The molecule has 64 heavy (non-hydrogen) atoms. The molecule has 18 nitrogen and oxygen atoms in total. The number of halogens is 1. The van der Waals surface area contributed by atoms with Crippen molar-refractivity contribution in [3.63, 3.8) is 0 Å². The number of esters is 1. The summed E-state index contributed by atoms with van der Waals surface area (Å²) in [6.07, 6.45) is -0.455. The molecular formula is C44H70FN7O11S. The minimum absolute atomic E-state index is 0.102. The first kappa shape index (κ1) is 52.7. The molecule has 20 heteroatoms. The third kappa shape index (κ3) is 11.9. The summed E-state index contributed by atoms with van der Waals surface area (Å²) in [7, 11) is 6.47. The van der Waals surface area contributed by atoms with Gasteiger partial charge in [0.05, 0.1) is 24.4 Å². The van der Waals surface area contributed by atoms with Crippen LogP contribution in [0.2, 0.25) is 0 Å². The first-order valence-electron chi connectivity index (χ1n) is 21.9. The average Bonchev–Trinajstić information content (AvgIpc) is 3.83. The molecule has 4 N–H and O–H groups in total. The Labute approximate surface area is 381 Å². The predicted molar refractivity (Wildman–Crippen MR) is 238 cm³/mol. The lowest BCUT2D eigenvalue weighted by Crippen LogP contribution is -2.62. The number of benzene rings is 1. The van der Waals surface area contributed by atoms with Gasteiger partial charge in [-0.15, -0.1) is 5.10 Å². The standard InChI is InChI=1S/C43H67N7O11.CH3FS/c1-12-33-42(7)36(50(41(55)61-42)19-14-13-18-49-23-31(46-47-49)29-16-15-17-30(44)21-29)28(6)45-38(53)24(2)22-43(56-10,57-11)37(26(4)34(51)27(5)39(54)59-33)60-40-35(52)32(48(8)9)20-25(3)58-40;1-3-2/h15-17,21,23-28,32-33,35-37,40,52H,12-14,18-20,22,44H2,1-11H3,(H,45,53);1H3/t24-,25?,26+,27-,28-,32?,33-,35?,36-,37-,40+,42-;/m1./s1. The van der Waals surface area contributed by atoms with Crippen LogP contribution in [0, 0.1) is 17.8 Å². The molecule has 2 aromatic rings. The average molecular weight is 924 g/mol. The van der Waals surface area contributed by atoms with Gasteiger partial charge in [-0.2, -0.15) is 3.89 Å². The predicted octanol–water partition coefficient (Wildman–Crippen LogP) is 4.63. The monoisotopic (exact) mass is 923 g/mol. The molecular weight excluding hydrogens is 854 g/mol. The number of fused-ring (bicyclic) bond motifs is 1. The SMILES string of the molecule is CC[C@H]1OC(=O)[C@H](C)C(=O)[C@H](C)[C@@H](O[C@@H]2OC(C)CC(N(C)C)C2O)C(OC)(OC)C[C@@H](C)C(=O)N[C@H](C)[C@H]2N(CCCCn3cc(-c4cccc(N)c4)nn3)C(=O)O[C@]12C.CSF. The van der Waals surface area contributed by atoms with Crippen LogP contribution in [0.3, 0.4) is 0 Å². The Morgan fingerprint density at radius 3 is 2.34 bits per heavy atom. The molecule has 3 aliphatic rings. The van der Waals surface area contributed by atoms with Crippen molar-refractivity contribution in [2.24, 2.45) is 17.8 Å². The van der Waals surface area contributed by atoms with Gasteiger partial charge in [0, 0.05) is 81.3 Å². The highest BCUT2D eigenvalue weighted by atomic mass is 32.2. The number of aliphatic hydroxyl groups is 1. The van der Waals surface area contributed by atoms with Crippen molar-refractivity contribution < 1.29 is 56.6 Å². The van der Waals surface area contributed by atoms with E-state index >= 15 is 0 Å². The third-order valence-corrected chi connectivity index (χ3v) is 12.7. The van der Waals surface area contributed by atoms with Crippen LogP contribution in [0.15, 0.2) is 30.5 Å². The summed E-state index contributed by atoms with van der Waals surface area (Å²) >= 11 is 0.250. The Hall–Kier alpha value is -3.92. The molecule has 3 fully saturated rings. The zero-order valence-corrected chi connectivity index (χ0v) is 40.1. The van der Waals surface area contributed by atoms with Crippen LogP contribution in [0.5, 0.6) is 0 Å². The fourth-order valence-corrected chi connectivity index (χ4v) is 9.25. The zero-order chi connectivity index (χ0) is 47.7.